The Bertz CT molecular complexity index is 2030. The van der Waals surface area contributed by atoms with Crippen LogP contribution in [0.3, 0.4) is 0 Å². The average Bonchev–Trinajstić information content (AvgIpc) is 3.43. The van der Waals surface area contributed by atoms with Gasteiger partial charge < -0.3 is 11.1 Å². The molecule has 3 N–H and O–H groups in total. The number of rotatable bonds is 7. The number of thiophene rings is 1. The van der Waals surface area contributed by atoms with Gasteiger partial charge in [-0.15, -0.1) is 11.3 Å². The van der Waals surface area contributed by atoms with Gasteiger partial charge in [0.1, 0.15) is 0 Å². The van der Waals surface area contributed by atoms with Crippen LogP contribution in [0.5, 0.6) is 0 Å². The molecule has 0 amide bonds. The smallest absolute Gasteiger partial charge is 0.0930 e. The second kappa shape index (κ2) is 11.5. The molecule has 1 heterocycles. The molecule has 0 saturated carbocycles. The highest BCUT2D eigenvalue weighted by molar-refractivity contribution is 7.25. The molecular formula is C38H29N3S. The first-order valence-corrected chi connectivity index (χ1v) is 14.9. The van der Waals surface area contributed by atoms with E-state index < -0.39 is 0 Å². The van der Waals surface area contributed by atoms with Crippen molar-refractivity contribution in [3.63, 3.8) is 0 Å². The third kappa shape index (κ3) is 5.10. The van der Waals surface area contributed by atoms with Gasteiger partial charge in [0.2, 0.25) is 0 Å². The first kappa shape index (κ1) is 25.9. The molecule has 0 aliphatic rings. The SMILES string of the molecule is NC(c1ccccc1)c1ccccc1N=CNc1cc2c(cc1-c1cccc(-c3ccccc3)c1)sc1ccccc12. The summed E-state index contributed by atoms with van der Waals surface area (Å²) >= 11 is 1.83. The standard InChI is InChI=1S/C38H29N3S/c39-38(27-14-5-2-6-15-27)31-19-7-9-20-34(31)40-25-41-35-23-33-30-18-8-10-21-36(30)42-37(33)24-32(35)29-17-11-16-28(22-29)26-12-3-1-4-13-26/h1-25,38H,39H2,(H,40,41). The zero-order chi connectivity index (χ0) is 28.3. The summed E-state index contributed by atoms with van der Waals surface area (Å²) in [6, 6.07) is 50.4. The van der Waals surface area contributed by atoms with Crippen molar-refractivity contribution in [2.24, 2.45) is 10.7 Å². The Kier molecular flexibility index (Phi) is 7.07. The summed E-state index contributed by atoms with van der Waals surface area (Å²) < 4.78 is 2.55. The van der Waals surface area contributed by atoms with E-state index in [-0.39, 0.29) is 6.04 Å². The Morgan fingerprint density at radius 3 is 2.14 bits per heavy atom. The number of nitrogens with two attached hydrogens (primary N) is 1. The summed E-state index contributed by atoms with van der Waals surface area (Å²) in [4.78, 5) is 4.86. The van der Waals surface area contributed by atoms with Crippen molar-refractivity contribution >= 4 is 49.2 Å². The number of hydrogen-bond donors (Lipinski definition) is 2. The molecule has 4 heteroatoms. The van der Waals surface area contributed by atoms with E-state index in [0.717, 1.165) is 33.6 Å². The van der Waals surface area contributed by atoms with Gasteiger partial charge in [-0.3, -0.25) is 0 Å². The van der Waals surface area contributed by atoms with Crippen LogP contribution in [0.4, 0.5) is 11.4 Å². The lowest BCUT2D eigenvalue weighted by Gasteiger charge is -2.15. The second-order valence-corrected chi connectivity index (χ2v) is 11.4. The summed E-state index contributed by atoms with van der Waals surface area (Å²) in [5.41, 5.74) is 15.2. The Morgan fingerprint density at radius 2 is 1.29 bits per heavy atom. The zero-order valence-corrected chi connectivity index (χ0v) is 23.8. The van der Waals surface area contributed by atoms with Crippen molar-refractivity contribution in [2.45, 2.75) is 6.04 Å². The number of hydrogen-bond acceptors (Lipinski definition) is 3. The number of fused-ring (bicyclic) bond motifs is 3. The van der Waals surface area contributed by atoms with E-state index in [9.17, 15) is 0 Å². The normalized spacial score (nSPS) is 12.2. The quantitative estimate of drug-likeness (QED) is 0.151. The van der Waals surface area contributed by atoms with Gasteiger partial charge in [-0.25, -0.2) is 4.99 Å². The Labute approximate surface area is 249 Å². The van der Waals surface area contributed by atoms with Gasteiger partial charge in [-0.2, -0.15) is 0 Å². The number of benzene rings is 6. The molecule has 1 aromatic heterocycles. The van der Waals surface area contributed by atoms with Crippen LogP contribution in [-0.2, 0) is 0 Å². The largest absolute Gasteiger partial charge is 0.346 e. The van der Waals surface area contributed by atoms with Gasteiger partial charge in [-0.05, 0) is 58.1 Å². The minimum Gasteiger partial charge on any atom is -0.346 e. The highest BCUT2D eigenvalue weighted by atomic mass is 32.1. The molecule has 42 heavy (non-hydrogen) atoms. The fourth-order valence-electron chi connectivity index (χ4n) is 5.51. The number of para-hydroxylation sites is 1. The number of anilines is 1. The van der Waals surface area contributed by atoms with Crippen LogP contribution in [-0.4, -0.2) is 6.34 Å². The molecule has 0 bridgehead atoms. The number of aliphatic imine (C=N–C) groups is 1. The summed E-state index contributed by atoms with van der Waals surface area (Å²) in [6.07, 6.45) is 1.79. The fourth-order valence-corrected chi connectivity index (χ4v) is 6.63. The summed E-state index contributed by atoms with van der Waals surface area (Å²) in [5.74, 6) is 0. The third-order valence-electron chi connectivity index (χ3n) is 7.65. The first-order valence-electron chi connectivity index (χ1n) is 14.0. The Hall–Kier alpha value is -5.03. The number of nitrogens with one attached hydrogen (secondary N) is 1. The van der Waals surface area contributed by atoms with Crippen molar-refractivity contribution < 1.29 is 0 Å². The highest BCUT2D eigenvalue weighted by Gasteiger charge is 2.14. The molecule has 0 aliphatic carbocycles. The van der Waals surface area contributed by atoms with Crippen LogP contribution in [0.2, 0.25) is 0 Å². The van der Waals surface area contributed by atoms with E-state index in [4.69, 9.17) is 10.7 Å². The molecular weight excluding hydrogens is 531 g/mol. The molecule has 7 rings (SSSR count). The summed E-state index contributed by atoms with van der Waals surface area (Å²) in [6.45, 7) is 0. The Morgan fingerprint density at radius 1 is 0.595 bits per heavy atom. The van der Waals surface area contributed by atoms with Crippen molar-refractivity contribution in [1.29, 1.82) is 0 Å². The van der Waals surface area contributed by atoms with Crippen LogP contribution in [0.15, 0.2) is 151 Å². The maximum absolute atomic E-state index is 6.67. The first-order chi connectivity index (χ1) is 20.7. The molecule has 1 unspecified atom stereocenters. The van der Waals surface area contributed by atoms with Crippen LogP contribution in [0, 0.1) is 0 Å². The molecule has 7 aromatic rings. The van der Waals surface area contributed by atoms with Gasteiger partial charge in [0.05, 0.1) is 18.1 Å². The molecule has 0 aliphatic heterocycles. The molecule has 6 aromatic carbocycles. The van der Waals surface area contributed by atoms with E-state index >= 15 is 0 Å². The number of nitrogens with zero attached hydrogens (tertiary/aromatic N) is 1. The molecule has 202 valence electrons. The van der Waals surface area contributed by atoms with Crippen molar-refractivity contribution in [3.8, 4) is 22.3 Å². The summed E-state index contributed by atoms with van der Waals surface area (Å²) in [5, 5.41) is 6.05. The lowest BCUT2D eigenvalue weighted by atomic mass is 9.97. The van der Waals surface area contributed by atoms with Gasteiger partial charge in [0, 0.05) is 31.4 Å². The summed E-state index contributed by atoms with van der Waals surface area (Å²) in [7, 11) is 0. The average molecular weight is 560 g/mol. The van der Waals surface area contributed by atoms with Gasteiger partial charge >= 0.3 is 0 Å². The van der Waals surface area contributed by atoms with Crippen LogP contribution in [0.25, 0.3) is 42.4 Å². The minimum atomic E-state index is -0.260. The molecule has 1 atom stereocenters. The maximum atomic E-state index is 6.67. The fraction of sp³-hybridized carbons (Fsp3) is 0.0263. The van der Waals surface area contributed by atoms with Crippen LogP contribution < -0.4 is 11.1 Å². The van der Waals surface area contributed by atoms with Crippen LogP contribution in [0.1, 0.15) is 17.2 Å². The zero-order valence-electron chi connectivity index (χ0n) is 22.9. The van der Waals surface area contributed by atoms with E-state index in [1.54, 1.807) is 6.34 Å². The van der Waals surface area contributed by atoms with Crippen LogP contribution >= 0.6 is 11.3 Å². The second-order valence-electron chi connectivity index (χ2n) is 10.3. The molecule has 0 saturated heterocycles. The molecule has 3 nitrogen and oxygen atoms in total. The van der Waals surface area contributed by atoms with E-state index in [1.807, 2.05) is 53.8 Å². The molecule has 0 fully saturated rings. The third-order valence-corrected chi connectivity index (χ3v) is 8.79. The maximum Gasteiger partial charge on any atom is 0.0930 e. The predicted molar refractivity (Wildman–Crippen MR) is 181 cm³/mol. The van der Waals surface area contributed by atoms with Gasteiger partial charge in [-0.1, -0.05) is 115 Å². The van der Waals surface area contributed by atoms with E-state index in [2.05, 4.69) is 108 Å². The predicted octanol–water partition coefficient (Wildman–Crippen LogP) is 10.2. The van der Waals surface area contributed by atoms with Crippen molar-refractivity contribution in [3.05, 3.63) is 157 Å². The highest BCUT2D eigenvalue weighted by Crippen LogP contribution is 2.41. The van der Waals surface area contributed by atoms with E-state index in [0.29, 0.717) is 0 Å². The van der Waals surface area contributed by atoms with Crippen molar-refractivity contribution in [2.75, 3.05) is 5.32 Å². The van der Waals surface area contributed by atoms with E-state index in [1.165, 1.54) is 31.3 Å². The minimum absolute atomic E-state index is 0.260. The monoisotopic (exact) mass is 559 g/mol. The molecule has 0 spiro atoms. The lowest BCUT2D eigenvalue weighted by molar-refractivity contribution is 0.872. The van der Waals surface area contributed by atoms with Gasteiger partial charge in [0.15, 0.2) is 0 Å². The topological polar surface area (TPSA) is 50.4 Å². The van der Waals surface area contributed by atoms with Gasteiger partial charge in [0.25, 0.3) is 0 Å². The molecule has 0 radical (unpaired) electrons. The van der Waals surface area contributed by atoms with Crippen molar-refractivity contribution in [1.82, 2.24) is 0 Å². The lowest BCUT2D eigenvalue weighted by Crippen LogP contribution is -2.11. The Balaban J connectivity index is 1.30.